The third-order valence-corrected chi connectivity index (χ3v) is 11.2. The molecule has 1 aliphatic carbocycles. The number of fused-ring (bicyclic) bond motifs is 9. The summed E-state index contributed by atoms with van der Waals surface area (Å²) in [5.74, 6) is 0. The van der Waals surface area contributed by atoms with Crippen LogP contribution in [0, 0.1) is 0 Å². The van der Waals surface area contributed by atoms with Crippen molar-refractivity contribution in [1.82, 2.24) is 0 Å². The van der Waals surface area contributed by atoms with Gasteiger partial charge < -0.3 is 14.5 Å². The van der Waals surface area contributed by atoms with E-state index in [0.29, 0.717) is 0 Å². The number of anilines is 6. The van der Waals surface area contributed by atoms with E-state index in [-0.39, 0.29) is 17.6 Å². The molecule has 3 nitrogen and oxygen atoms in total. The van der Waals surface area contributed by atoms with Gasteiger partial charge in [0.15, 0.2) is 0 Å². The minimum Gasteiger partial charge on any atom is -0.356 e. The molecule has 0 N–H and O–H groups in total. The van der Waals surface area contributed by atoms with Crippen molar-refractivity contribution in [3.05, 3.63) is 210 Å². The van der Waals surface area contributed by atoms with Crippen molar-refractivity contribution in [3.8, 4) is 11.1 Å². The van der Waals surface area contributed by atoms with E-state index in [2.05, 4.69) is 206 Å². The summed E-state index contributed by atoms with van der Waals surface area (Å²) in [7, 11) is 0. The molecule has 0 aromatic heterocycles. The molecule has 0 spiro atoms. The van der Waals surface area contributed by atoms with Gasteiger partial charge in [-0.15, -0.1) is 0 Å². The van der Waals surface area contributed by atoms with E-state index in [0.717, 1.165) is 34.1 Å². The number of para-hydroxylation sites is 4. The van der Waals surface area contributed by atoms with Crippen LogP contribution in [0.15, 0.2) is 188 Å². The van der Waals surface area contributed by atoms with Gasteiger partial charge in [-0.05, 0) is 99.6 Å². The van der Waals surface area contributed by atoms with Crippen molar-refractivity contribution in [2.45, 2.75) is 31.5 Å². The van der Waals surface area contributed by atoms with Gasteiger partial charge in [0.05, 0.1) is 5.69 Å². The molecule has 10 rings (SSSR count). The second-order valence-corrected chi connectivity index (χ2v) is 14.4. The minimum atomic E-state index is -0.0963. The van der Waals surface area contributed by atoms with Crippen molar-refractivity contribution >= 4 is 39.7 Å². The smallest absolute Gasteiger partial charge is 0.110 e. The van der Waals surface area contributed by atoms with E-state index < -0.39 is 0 Å². The maximum atomic E-state index is 6.97. The van der Waals surface area contributed by atoms with Gasteiger partial charge in [-0.2, -0.15) is 0 Å². The molecule has 2 heterocycles. The molecule has 0 saturated carbocycles. The summed E-state index contributed by atoms with van der Waals surface area (Å²) in [5, 5.41) is 0. The fraction of sp³-hybridized carbons (Fsp3) is 0.102. The van der Waals surface area contributed by atoms with Crippen LogP contribution in [0.4, 0.5) is 34.1 Å². The highest BCUT2D eigenvalue weighted by Gasteiger charge is 2.55. The highest BCUT2D eigenvalue weighted by Crippen LogP contribution is 2.67. The van der Waals surface area contributed by atoms with E-state index in [1.165, 1.54) is 44.5 Å². The number of hydrogen-bond donors (Lipinski definition) is 0. The Labute approximate surface area is 305 Å². The highest BCUT2D eigenvalue weighted by molar-refractivity contribution is 5.95. The molecule has 7 aromatic rings. The third kappa shape index (κ3) is 4.63. The zero-order chi connectivity index (χ0) is 34.8. The Morgan fingerprint density at radius 2 is 0.942 bits per heavy atom. The van der Waals surface area contributed by atoms with Gasteiger partial charge in [-0.3, -0.25) is 0 Å². The molecule has 7 aromatic carbocycles. The average Bonchev–Trinajstić information content (AvgIpc) is 3.85. The molecule has 2 bridgehead atoms. The third-order valence-electron chi connectivity index (χ3n) is 11.2. The van der Waals surface area contributed by atoms with Crippen LogP contribution >= 0.6 is 0 Å². The number of rotatable bonds is 7. The molecule has 0 fully saturated rings. The Kier molecular flexibility index (Phi) is 7.06. The average molecular weight is 671 g/mol. The molecule has 3 heteroatoms. The maximum Gasteiger partial charge on any atom is 0.110 e. The Balaban J connectivity index is 1.14. The number of hydrogen-bond acceptors (Lipinski definition) is 3. The number of ether oxygens (including phenoxy) is 1. The fourth-order valence-corrected chi connectivity index (χ4v) is 8.97. The maximum absolute atomic E-state index is 6.97. The zero-order valence-electron chi connectivity index (χ0n) is 29.3. The molecule has 250 valence electrons. The van der Waals surface area contributed by atoms with E-state index in [4.69, 9.17) is 4.74 Å². The lowest BCUT2D eigenvalue weighted by Gasteiger charge is -2.31. The van der Waals surface area contributed by atoms with Crippen molar-refractivity contribution in [2.75, 3.05) is 9.80 Å². The molecule has 2 aliphatic heterocycles. The molecule has 0 amide bonds. The fourth-order valence-electron chi connectivity index (χ4n) is 8.97. The Morgan fingerprint density at radius 1 is 0.442 bits per heavy atom. The van der Waals surface area contributed by atoms with E-state index in [1.807, 2.05) is 0 Å². The number of benzene rings is 7. The Hall–Kier alpha value is -6.16. The SMILES string of the molecule is CC1(C)C2=C(c3ccccc31)C1OC2c2cccc(-c3ccccc3N(c3ccccc3)c3cccc(N(c4ccccc4)c4ccccc4)c3)c21. The summed E-state index contributed by atoms with van der Waals surface area (Å²) < 4.78 is 6.97. The number of nitrogens with zero attached hydrogens (tertiary/aromatic N) is 2. The second kappa shape index (κ2) is 12.0. The molecule has 2 unspecified atom stereocenters. The van der Waals surface area contributed by atoms with Gasteiger partial charge in [0.1, 0.15) is 12.2 Å². The lowest BCUT2D eigenvalue weighted by atomic mass is 9.74. The Morgan fingerprint density at radius 3 is 1.62 bits per heavy atom. The van der Waals surface area contributed by atoms with Crippen molar-refractivity contribution < 1.29 is 4.74 Å². The molecular weight excluding hydrogens is 633 g/mol. The van der Waals surface area contributed by atoms with Crippen LogP contribution in [-0.4, -0.2) is 0 Å². The van der Waals surface area contributed by atoms with E-state index >= 15 is 0 Å². The van der Waals surface area contributed by atoms with Gasteiger partial charge >= 0.3 is 0 Å². The van der Waals surface area contributed by atoms with Gasteiger partial charge in [0.25, 0.3) is 0 Å². The van der Waals surface area contributed by atoms with Crippen molar-refractivity contribution in [2.24, 2.45) is 0 Å². The zero-order valence-corrected chi connectivity index (χ0v) is 29.3. The van der Waals surface area contributed by atoms with Crippen LogP contribution in [0.5, 0.6) is 0 Å². The summed E-state index contributed by atoms with van der Waals surface area (Å²) >= 11 is 0. The molecule has 2 atom stereocenters. The lowest BCUT2D eigenvalue weighted by molar-refractivity contribution is 0.0803. The van der Waals surface area contributed by atoms with Crippen LogP contribution in [0.2, 0.25) is 0 Å². The topological polar surface area (TPSA) is 15.7 Å². The first-order chi connectivity index (χ1) is 25.6. The molecular formula is C49H38N2O. The van der Waals surface area contributed by atoms with Crippen molar-refractivity contribution in [3.63, 3.8) is 0 Å². The van der Waals surface area contributed by atoms with Crippen LogP contribution in [0.1, 0.15) is 48.3 Å². The normalized spacial score (nSPS) is 17.4. The first-order valence-corrected chi connectivity index (χ1v) is 18.2. The predicted molar refractivity (Wildman–Crippen MR) is 214 cm³/mol. The van der Waals surface area contributed by atoms with Gasteiger partial charge in [-0.1, -0.05) is 135 Å². The summed E-state index contributed by atoms with van der Waals surface area (Å²) in [6, 6.07) is 65.4. The first-order valence-electron chi connectivity index (χ1n) is 18.2. The van der Waals surface area contributed by atoms with Crippen LogP contribution < -0.4 is 9.80 Å². The standard InChI is InChI=1S/C49H38N2O/c1-49(2)42-30-14-12-27-40(42)45-46(49)47-41-29-17-28-39(44(41)48(45)52-47)38-26-13-15-31-43(38)51(35-22-10-5-11-23-35)37-25-16-24-36(32-37)50(33-18-6-3-7-19-33)34-20-8-4-9-21-34/h3-32,47-48H,1-2H3. The molecule has 0 radical (unpaired) electrons. The highest BCUT2D eigenvalue weighted by atomic mass is 16.5. The largest absolute Gasteiger partial charge is 0.356 e. The van der Waals surface area contributed by atoms with Crippen LogP contribution in [-0.2, 0) is 10.2 Å². The predicted octanol–water partition coefficient (Wildman–Crippen LogP) is 13.2. The Bertz CT molecular complexity index is 2450. The monoisotopic (exact) mass is 670 g/mol. The van der Waals surface area contributed by atoms with Crippen LogP contribution in [0.25, 0.3) is 16.7 Å². The molecule has 0 saturated heterocycles. The van der Waals surface area contributed by atoms with E-state index in [9.17, 15) is 0 Å². The lowest BCUT2D eigenvalue weighted by Crippen LogP contribution is -2.21. The van der Waals surface area contributed by atoms with Crippen LogP contribution in [0.3, 0.4) is 0 Å². The van der Waals surface area contributed by atoms with Gasteiger partial charge in [0, 0.05) is 39.4 Å². The molecule has 3 aliphatic rings. The molecule has 52 heavy (non-hydrogen) atoms. The summed E-state index contributed by atoms with van der Waals surface area (Å²) in [6.45, 7) is 4.72. The van der Waals surface area contributed by atoms with Gasteiger partial charge in [0.2, 0.25) is 0 Å². The quantitative estimate of drug-likeness (QED) is 0.168. The van der Waals surface area contributed by atoms with Crippen molar-refractivity contribution in [1.29, 1.82) is 0 Å². The summed E-state index contributed by atoms with van der Waals surface area (Å²) in [4.78, 5) is 4.72. The van der Waals surface area contributed by atoms with Gasteiger partial charge in [-0.25, -0.2) is 0 Å². The first kappa shape index (κ1) is 30.6. The van der Waals surface area contributed by atoms with E-state index in [1.54, 1.807) is 0 Å². The summed E-state index contributed by atoms with van der Waals surface area (Å²) in [6.07, 6.45) is -0.130. The minimum absolute atomic E-state index is 0.0339. The second-order valence-electron chi connectivity index (χ2n) is 14.4. The summed E-state index contributed by atoms with van der Waals surface area (Å²) in [5.41, 5.74) is 17.1.